The van der Waals surface area contributed by atoms with Gasteiger partial charge in [-0.1, -0.05) is 57.4 Å². The second kappa shape index (κ2) is 17.6. The lowest BCUT2D eigenvalue weighted by molar-refractivity contribution is 0.0765. The van der Waals surface area contributed by atoms with Crippen molar-refractivity contribution >= 4 is 0 Å². The minimum atomic E-state index is -0.818. The first-order valence-electron chi connectivity index (χ1n) is 12.9. The average Bonchev–Trinajstić information content (AvgIpc) is 2.85. The molecule has 0 spiro atoms. The molecule has 0 saturated carbocycles. The number of alkyl halides is 1. The van der Waals surface area contributed by atoms with Crippen LogP contribution in [0.5, 0.6) is 0 Å². The van der Waals surface area contributed by atoms with Crippen LogP contribution in [0.4, 0.5) is 4.39 Å². The molecule has 0 radical (unpaired) electrons. The van der Waals surface area contributed by atoms with Gasteiger partial charge in [-0.05, 0) is 62.5 Å². The molecule has 0 aliphatic rings. The van der Waals surface area contributed by atoms with E-state index >= 15 is 0 Å². The third-order valence-electron chi connectivity index (χ3n) is 5.81. The number of halogens is 1. The molecule has 0 N–H and O–H groups in total. The van der Waals surface area contributed by atoms with Gasteiger partial charge in [-0.25, -0.2) is 14.4 Å². The summed E-state index contributed by atoms with van der Waals surface area (Å²) < 4.78 is 24.0. The van der Waals surface area contributed by atoms with Gasteiger partial charge < -0.3 is 9.47 Å². The van der Waals surface area contributed by atoms with Gasteiger partial charge in [-0.3, -0.25) is 0 Å². The van der Waals surface area contributed by atoms with E-state index in [2.05, 4.69) is 41.2 Å². The Morgan fingerprint density at radius 1 is 0.727 bits per heavy atom. The van der Waals surface area contributed by atoms with Crippen molar-refractivity contribution in [2.24, 2.45) is 0 Å². The molecule has 0 aliphatic heterocycles. The van der Waals surface area contributed by atoms with Gasteiger partial charge >= 0.3 is 0 Å². The van der Waals surface area contributed by atoms with Gasteiger partial charge in [0.05, 0.1) is 6.61 Å². The highest BCUT2D eigenvalue weighted by atomic mass is 19.1. The number of rotatable bonds is 19. The number of aryl methyl sites for hydroxylation is 2. The maximum Gasteiger partial charge on any atom is 0.159 e. The Bertz CT molecular complexity index is 722. The molecule has 0 aliphatic carbocycles. The van der Waals surface area contributed by atoms with Crippen LogP contribution in [0.2, 0.25) is 0 Å². The van der Waals surface area contributed by atoms with Crippen molar-refractivity contribution in [2.45, 2.75) is 90.6 Å². The van der Waals surface area contributed by atoms with E-state index in [1.54, 1.807) is 0 Å². The molecule has 33 heavy (non-hydrogen) atoms. The first-order valence-corrected chi connectivity index (χ1v) is 12.9. The highest BCUT2D eigenvalue weighted by molar-refractivity contribution is 5.55. The topological polar surface area (TPSA) is 44.2 Å². The lowest BCUT2D eigenvalue weighted by Gasteiger charge is -2.07. The fraction of sp³-hybridized carbons (Fsp3) is 0.643. The molecule has 1 heterocycles. The molecule has 0 saturated heterocycles. The zero-order chi connectivity index (χ0) is 23.6. The highest BCUT2D eigenvalue weighted by Crippen LogP contribution is 2.17. The van der Waals surface area contributed by atoms with Gasteiger partial charge in [-0.15, -0.1) is 0 Å². The zero-order valence-corrected chi connectivity index (χ0v) is 20.7. The van der Waals surface area contributed by atoms with Crippen molar-refractivity contribution in [1.29, 1.82) is 0 Å². The zero-order valence-electron chi connectivity index (χ0n) is 20.7. The largest absolute Gasteiger partial charge is 0.381 e. The van der Waals surface area contributed by atoms with Crippen molar-refractivity contribution in [2.75, 3.05) is 26.4 Å². The number of unbranched alkanes of at least 4 members (excludes halogenated alkanes) is 5. The smallest absolute Gasteiger partial charge is 0.159 e. The predicted octanol–water partition coefficient (Wildman–Crippen LogP) is 7.15. The summed E-state index contributed by atoms with van der Waals surface area (Å²) in [7, 11) is 0. The van der Waals surface area contributed by atoms with Crippen LogP contribution in [-0.2, 0) is 22.3 Å². The van der Waals surface area contributed by atoms with Gasteiger partial charge in [0.25, 0.3) is 0 Å². The van der Waals surface area contributed by atoms with E-state index in [4.69, 9.17) is 9.47 Å². The molecule has 184 valence electrons. The van der Waals surface area contributed by atoms with Crippen LogP contribution in [0, 0.1) is 0 Å². The van der Waals surface area contributed by atoms with Crippen molar-refractivity contribution < 1.29 is 13.9 Å². The van der Waals surface area contributed by atoms with Crippen LogP contribution in [-0.4, -0.2) is 42.6 Å². The van der Waals surface area contributed by atoms with E-state index in [0.717, 1.165) is 76.0 Å². The summed E-state index contributed by atoms with van der Waals surface area (Å²) in [5, 5.41) is 0. The molecule has 0 bridgehead atoms. The predicted molar refractivity (Wildman–Crippen MR) is 134 cm³/mol. The van der Waals surface area contributed by atoms with Crippen LogP contribution in [0.15, 0.2) is 36.7 Å². The summed E-state index contributed by atoms with van der Waals surface area (Å²) in [6, 6.07) is 8.60. The fourth-order valence-electron chi connectivity index (χ4n) is 3.55. The molecule has 5 heteroatoms. The normalized spacial score (nSPS) is 12.2. The van der Waals surface area contributed by atoms with E-state index in [9.17, 15) is 4.39 Å². The second-order valence-corrected chi connectivity index (χ2v) is 8.78. The monoisotopic (exact) mass is 458 g/mol. The van der Waals surface area contributed by atoms with E-state index < -0.39 is 6.17 Å². The van der Waals surface area contributed by atoms with E-state index in [0.29, 0.717) is 13.0 Å². The van der Waals surface area contributed by atoms with Crippen LogP contribution >= 0.6 is 0 Å². The Morgan fingerprint density at radius 2 is 1.33 bits per heavy atom. The molecule has 0 fully saturated rings. The molecule has 1 atom stereocenters. The van der Waals surface area contributed by atoms with E-state index in [1.165, 1.54) is 24.0 Å². The molecule has 4 nitrogen and oxygen atoms in total. The number of nitrogens with zero attached hydrogens (tertiary/aromatic N) is 2. The fourth-order valence-corrected chi connectivity index (χ4v) is 3.55. The summed E-state index contributed by atoms with van der Waals surface area (Å²) in [5.41, 5.74) is 3.59. The Hall–Kier alpha value is -1.85. The van der Waals surface area contributed by atoms with Crippen molar-refractivity contribution in [1.82, 2.24) is 9.97 Å². The third-order valence-corrected chi connectivity index (χ3v) is 5.81. The van der Waals surface area contributed by atoms with Crippen molar-refractivity contribution in [3.63, 3.8) is 0 Å². The van der Waals surface area contributed by atoms with Gasteiger partial charge in [-0.2, -0.15) is 0 Å². The first-order chi connectivity index (χ1) is 16.2. The second-order valence-electron chi connectivity index (χ2n) is 8.78. The third kappa shape index (κ3) is 12.3. The van der Waals surface area contributed by atoms with Crippen LogP contribution in [0.3, 0.4) is 0 Å². The minimum Gasteiger partial charge on any atom is -0.381 e. The summed E-state index contributed by atoms with van der Waals surface area (Å²) in [6.07, 6.45) is 14.7. The summed E-state index contributed by atoms with van der Waals surface area (Å²) in [5.74, 6) is 0.784. The Kier molecular flexibility index (Phi) is 14.6. The number of hydrogen-bond donors (Lipinski definition) is 0. The van der Waals surface area contributed by atoms with Gasteiger partial charge in [0.1, 0.15) is 6.17 Å². The quantitative estimate of drug-likeness (QED) is 0.210. The van der Waals surface area contributed by atoms with Crippen molar-refractivity contribution in [3.05, 3.63) is 47.8 Å². The maximum absolute atomic E-state index is 13.1. The Balaban J connectivity index is 1.60. The van der Waals surface area contributed by atoms with Gasteiger partial charge in [0, 0.05) is 37.8 Å². The molecule has 0 amide bonds. The van der Waals surface area contributed by atoms with Crippen LogP contribution in [0.1, 0.15) is 82.8 Å². The molecule has 2 rings (SSSR count). The number of hydrogen-bond acceptors (Lipinski definition) is 4. The van der Waals surface area contributed by atoms with Crippen LogP contribution in [0.25, 0.3) is 11.4 Å². The summed E-state index contributed by atoms with van der Waals surface area (Å²) in [4.78, 5) is 9.14. The number of ether oxygens (including phenoxy) is 2. The van der Waals surface area contributed by atoms with Crippen molar-refractivity contribution in [3.8, 4) is 11.4 Å². The highest BCUT2D eigenvalue weighted by Gasteiger charge is 2.04. The first kappa shape index (κ1) is 27.4. The maximum atomic E-state index is 13.1. The molecular weight excluding hydrogens is 415 g/mol. The summed E-state index contributed by atoms with van der Waals surface area (Å²) in [6.45, 7) is 6.66. The number of benzene rings is 1. The SMILES string of the molecule is CCCCOCCCCc1cnc(-c2ccc(CCCCCCOCC(F)CC)cc2)nc1. The van der Waals surface area contributed by atoms with Gasteiger partial charge in [0.2, 0.25) is 0 Å². The van der Waals surface area contributed by atoms with E-state index in [1.807, 2.05) is 19.3 Å². The Morgan fingerprint density at radius 3 is 2.06 bits per heavy atom. The minimum absolute atomic E-state index is 0.240. The van der Waals surface area contributed by atoms with Crippen LogP contribution < -0.4 is 0 Å². The molecule has 2 aromatic rings. The lowest BCUT2D eigenvalue weighted by Crippen LogP contribution is -2.09. The molecule has 1 unspecified atom stereocenters. The molecule has 1 aromatic heterocycles. The molecular formula is C28H43FN2O2. The van der Waals surface area contributed by atoms with Gasteiger partial charge in [0.15, 0.2) is 5.82 Å². The lowest BCUT2D eigenvalue weighted by atomic mass is 10.0. The van der Waals surface area contributed by atoms with E-state index in [-0.39, 0.29) is 6.61 Å². The number of aromatic nitrogens is 2. The molecule has 1 aromatic carbocycles. The Labute approximate surface area is 200 Å². The summed E-state index contributed by atoms with van der Waals surface area (Å²) >= 11 is 0. The average molecular weight is 459 g/mol. The standard InChI is InChI=1S/C28H43FN2O2/c1-3-5-18-32-19-11-9-13-25-21-30-28(31-22-25)26-16-14-24(15-17-26)12-8-6-7-10-20-33-23-27(29)4-2/h14-17,21-22,27H,3-13,18-20,23H2,1-2H3.